The standard InChI is InChI=1S/C17H17NO3/c1-21-14-8-5-13(6-9-14)16(19)11-18-15-4-2-3-12(15)7-10-17(18)20/h5-10H,2-4,11H2,1H3. The van der Waals surface area contributed by atoms with Crippen LogP contribution in [0.25, 0.3) is 0 Å². The highest BCUT2D eigenvalue weighted by Crippen LogP contribution is 2.20. The Kier molecular flexibility index (Phi) is 3.60. The van der Waals surface area contributed by atoms with Crippen molar-refractivity contribution in [3.8, 4) is 5.75 Å². The number of carbonyl (C=O) groups is 1. The molecule has 1 aliphatic carbocycles. The van der Waals surface area contributed by atoms with Crippen molar-refractivity contribution >= 4 is 5.78 Å². The molecule has 4 heteroatoms. The van der Waals surface area contributed by atoms with Crippen molar-refractivity contribution in [2.24, 2.45) is 0 Å². The molecule has 3 rings (SSSR count). The minimum absolute atomic E-state index is 0.0555. The number of nitrogens with zero attached hydrogens (tertiary/aromatic N) is 1. The molecular weight excluding hydrogens is 266 g/mol. The average molecular weight is 283 g/mol. The second-order valence-corrected chi connectivity index (χ2v) is 5.23. The van der Waals surface area contributed by atoms with Crippen LogP contribution in [0.1, 0.15) is 28.0 Å². The highest BCUT2D eigenvalue weighted by molar-refractivity contribution is 5.96. The molecule has 108 valence electrons. The molecule has 1 aromatic heterocycles. The molecule has 0 amide bonds. The Morgan fingerprint density at radius 2 is 1.90 bits per heavy atom. The van der Waals surface area contributed by atoms with Crippen LogP contribution in [0.2, 0.25) is 0 Å². The molecular formula is C17H17NO3. The molecule has 1 aliphatic rings. The number of aryl methyl sites for hydroxylation is 1. The smallest absolute Gasteiger partial charge is 0.251 e. The fourth-order valence-corrected chi connectivity index (χ4v) is 2.82. The van der Waals surface area contributed by atoms with Gasteiger partial charge in [0.2, 0.25) is 0 Å². The van der Waals surface area contributed by atoms with Gasteiger partial charge < -0.3 is 9.30 Å². The predicted octanol–water partition coefficient (Wildman–Crippen LogP) is 2.23. The molecule has 21 heavy (non-hydrogen) atoms. The van der Waals surface area contributed by atoms with Crippen molar-refractivity contribution in [1.82, 2.24) is 4.57 Å². The van der Waals surface area contributed by atoms with E-state index in [0.29, 0.717) is 11.3 Å². The lowest BCUT2D eigenvalue weighted by Gasteiger charge is -2.11. The fraction of sp³-hybridized carbons (Fsp3) is 0.294. The van der Waals surface area contributed by atoms with Gasteiger partial charge in [-0.2, -0.15) is 0 Å². The summed E-state index contributed by atoms with van der Waals surface area (Å²) in [5.74, 6) is 0.657. The fourth-order valence-electron chi connectivity index (χ4n) is 2.82. The molecule has 0 bridgehead atoms. The summed E-state index contributed by atoms with van der Waals surface area (Å²) in [5.41, 5.74) is 2.71. The first-order valence-electron chi connectivity index (χ1n) is 7.08. The summed E-state index contributed by atoms with van der Waals surface area (Å²) in [6, 6.07) is 10.4. The number of methoxy groups -OCH3 is 1. The van der Waals surface area contributed by atoms with Gasteiger partial charge in [0.25, 0.3) is 5.56 Å². The quantitative estimate of drug-likeness (QED) is 0.808. The minimum Gasteiger partial charge on any atom is -0.497 e. The van der Waals surface area contributed by atoms with Gasteiger partial charge in [0.1, 0.15) is 5.75 Å². The zero-order valence-corrected chi connectivity index (χ0v) is 12.0. The van der Waals surface area contributed by atoms with E-state index in [0.717, 1.165) is 25.0 Å². The van der Waals surface area contributed by atoms with Gasteiger partial charge in [-0.05, 0) is 49.1 Å². The lowest BCUT2D eigenvalue weighted by atomic mass is 10.1. The molecule has 0 saturated heterocycles. The third-order valence-electron chi connectivity index (χ3n) is 3.96. The highest BCUT2D eigenvalue weighted by atomic mass is 16.5. The van der Waals surface area contributed by atoms with Gasteiger partial charge in [0.15, 0.2) is 5.78 Å². The number of pyridine rings is 1. The van der Waals surface area contributed by atoms with Gasteiger partial charge in [-0.25, -0.2) is 0 Å². The van der Waals surface area contributed by atoms with E-state index >= 15 is 0 Å². The molecule has 1 heterocycles. The van der Waals surface area contributed by atoms with Crippen LogP contribution in [0.5, 0.6) is 5.75 Å². The number of Topliss-reactive ketones (excluding diaryl/α,β-unsaturated/α-hetero) is 1. The van der Waals surface area contributed by atoms with E-state index in [1.54, 1.807) is 42.0 Å². The summed E-state index contributed by atoms with van der Waals surface area (Å²) in [7, 11) is 1.59. The number of ether oxygens (including phenoxy) is 1. The maximum atomic E-state index is 12.4. The van der Waals surface area contributed by atoms with Crippen LogP contribution < -0.4 is 10.3 Å². The molecule has 0 fully saturated rings. The van der Waals surface area contributed by atoms with Gasteiger partial charge in [-0.1, -0.05) is 6.07 Å². The molecule has 0 atom stereocenters. The molecule has 4 nitrogen and oxygen atoms in total. The Labute approximate surface area is 123 Å². The number of benzene rings is 1. The molecule has 0 N–H and O–H groups in total. The number of hydrogen-bond donors (Lipinski definition) is 0. The Morgan fingerprint density at radius 1 is 1.14 bits per heavy atom. The molecule has 0 saturated carbocycles. The summed E-state index contributed by atoms with van der Waals surface area (Å²) in [5, 5.41) is 0. The van der Waals surface area contributed by atoms with Crippen molar-refractivity contribution in [2.45, 2.75) is 25.8 Å². The average Bonchev–Trinajstić information content (AvgIpc) is 2.99. The van der Waals surface area contributed by atoms with Crippen LogP contribution in [0, 0.1) is 0 Å². The van der Waals surface area contributed by atoms with Gasteiger partial charge in [-0.3, -0.25) is 9.59 Å². The first kappa shape index (κ1) is 13.6. The second kappa shape index (κ2) is 5.56. The topological polar surface area (TPSA) is 48.3 Å². The first-order chi connectivity index (χ1) is 10.2. The molecule has 0 aliphatic heterocycles. The summed E-state index contributed by atoms with van der Waals surface area (Å²) in [6.07, 6.45) is 2.92. The number of carbonyl (C=O) groups excluding carboxylic acids is 1. The lowest BCUT2D eigenvalue weighted by Crippen LogP contribution is -2.26. The maximum absolute atomic E-state index is 12.4. The Bertz CT molecular complexity index is 729. The van der Waals surface area contributed by atoms with Crippen molar-refractivity contribution in [3.05, 3.63) is 63.6 Å². The van der Waals surface area contributed by atoms with Crippen molar-refractivity contribution in [3.63, 3.8) is 0 Å². The summed E-state index contributed by atoms with van der Waals surface area (Å²) < 4.78 is 6.70. The van der Waals surface area contributed by atoms with E-state index < -0.39 is 0 Å². The Hall–Kier alpha value is -2.36. The van der Waals surface area contributed by atoms with E-state index in [4.69, 9.17) is 4.74 Å². The maximum Gasteiger partial charge on any atom is 0.251 e. The van der Waals surface area contributed by atoms with Crippen molar-refractivity contribution < 1.29 is 9.53 Å². The number of ketones is 1. The molecule has 2 aromatic rings. The predicted molar refractivity (Wildman–Crippen MR) is 80.1 cm³/mol. The van der Waals surface area contributed by atoms with Gasteiger partial charge >= 0.3 is 0 Å². The monoisotopic (exact) mass is 283 g/mol. The minimum atomic E-state index is -0.0995. The third kappa shape index (κ3) is 2.61. The van der Waals surface area contributed by atoms with Gasteiger partial charge in [-0.15, -0.1) is 0 Å². The summed E-state index contributed by atoms with van der Waals surface area (Å²) >= 11 is 0. The third-order valence-corrected chi connectivity index (χ3v) is 3.96. The Morgan fingerprint density at radius 3 is 2.62 bits per heavy atom. The first-order valence-corrected chi connectivity index (χ1v) is 7.08. The highest BCUT2D eigenvalue weighted by Gasteiger charge is 2.18. The summed E-state index contributed by atoms with van der Waals surface area (Å²) in [4.78, 5) is 24.4. The van der Waals surface area contributed by atoms with E-state index in [9.17, 15) is 9.59 Å². The van der Waals surface area contributed by atoms with E-state index in [1.165, 1.54) is 5.56 Å². The van der Waals surface area contributed by atoms with Gasteiger partial charge in [0.05, 0.1) is 13.7 Å². The van der Waals surface area contributed by atoms with Crippen LogP contribution in [0.15, 0.2) is 41.2 Å². The van der Waals surface area contributed by atoms with Crippen molar-refractivity contribution in [2.75, 3.05) is 7.11 Å². The zero-order chi connectivity index (χ0) is 14.8. The van der Waals surface area contributed by atoms with Crippen LogP contribution in [0.4, 0.5) is 0 Å². The number of aromatic nitrogens is 1. The van der Waals surface area contributed by atoms with E-state index in [-0.39, 0.29) is 17.9 Å². The second-order valence-electron chi connectivity index (χ2n) is 5.23. The number of hydrogen-bond acceptors (Lipinski definition) is 3. The molecule has 1 aromatic carbocycles. The SMILES string of the molecule is COc1ccc(C(=O)Cn2c3c(ccc2=O)CCC3)cc1. The van der Waals surface area contributed by atoms with Gasteiger partial charge in [0, 0.05) is 17.3 Å². The zero-order valence-electron chi connectivity index (χ0n) is 12.0. The van der Waals surface area contributed by atoms with Crippen LogP contribution >= 0.6 is 0 Å². The van der Waals surface area contributed by atoms with Crippen molar-refractivity contribution in [1.29, 1.82) is 0 Å². The molecule has 0 radical (unpaired) electrons. The number of fused-ring (bicyclic) bond motifs is 1. The van der Waals surface area contributed by atoms with E-state index in [1.807, 2.05) is 6.07 Å². The van der Waals surface area contributed by atoms with Crippen LogP contribution in [-0.2, 0) is 19.4 Å². The van der Waals surface area contributed by atoms with Crippen LogP contribution in [0.3, 0.4) is 0 Å². The summed E-state index contributed by atoms with van der Waals surface area (Å²) in [6.45, 7) is 0.105. The Balaban J connectivity index is 1.88. The molecule has 0 unspecified atom stereocenters. The largest absolute Gasteiger partial charge is 0.497 e. The van der Waals surface area contributed by atoms with Crippen LogP contribution in [-0.4, -0.2) is 17.5 Å². The number of rotatable bonds is 4. The molecule has 0 spiro atoms. The van der Waals surface area contributed by atoms with E-state index in [2.05, 4.69) is 0 Å². The lowest BCUT2D eigenvalue weighted by molar-refractivity contribution is 0.0970. The normalized spacial score (nSPS) is 13.0.